The first kappa shape index (κ1) is 12.7. The van der Waals surface area contributed by atoms with Crippen LogP contribution < -0.4 is 0 Å². The highest BCUT2D eigenvalue weighted by atomic mass is 127. The normalized spacial score (nSPS) is 11.3. The Kier molecular flexibility index (Phi) is 3.35. The summed E-state index contributed by atoms with van der Waals surface area (Å²) < 4.78 is 21.3. The van der Waals surface area contributed by atoms with Crippen molar-refractivity contribution in [1.29, 1.82) is 0 Å². The van der Waals surface area contributed by atoms with E-state index in [-0.39, 0.29) is 5.82 Å². The highest BCUT2D eigenvalue weighted by Gasteiger charge is 2.09. The number of aryl methyl sites for hydroxylation is 2. The molecule has 0 aliphatic heterocycles. The van der Waals surface area contributed by atoms with Crippen LogP contribution in [-0.4, -0.2) is 19.7 Å². The van der Waals surface area contributed by atoms with Gasteiger partial charge in [0.15, 0.2) is 10.6 Å². The first-order valence-electron chi connectivity index (χ1n) is 5.48. The summed E-state index contributed by atoms with van der Waals surface area (Å²) in [5, 5.41) is 3.74. The van der Waals surface area contributed by atoms with E-state index in [0.717, 1.165) is 11.0 Å². The lowest BCUT2D eigenvalue weighted by Crippen LogP contribution is -2.02. The monoisotopic (exact) mass is 390 g/mol. The van der Waals surface area contributed by atoms with Crippen LogP contribution in [0.2, 0.25) is 0 Å². The molecule has 2 heterocycles. The Labute approximate surface area is 126 Å². The highest BCUT2D eigenvalue weighted by Crippen LogP contribution is 2.20. The van der Waals surface area contributed by atoms with Gasteiger partial charge >= 0.3 is 0 Å². The second kappa shape index (κ2) is 5.00. The number of imidazole rings is 1. The van der Waals surface area contributed by atoms with Gasteiger partial charge in [-0.2, -0.15) is 4.98 Å². The third kappa shape index (κ3) is 2.41. The molecule has 0 bridgehead atoms. The van der Waals surface area contributed by atoms with Crippen molar-refractivity contribution in [2.24, 2.45) is 0 Å². The number of hydrogen-bond donors (Lipinski definition) is 1. The predicted molar refractivity (Wildman–Crippen MR) is 77.8 cm³/mol. The number of nitrogens with one attached hydrogen (secondary N) is 1. The Morgan fingerprint density at radius 1 is 1.47 bits per heavy atom. The Balaban J connectivity index is 2.00. The number of hydrogen-bond acceptors (Lipinski definition) is 4. The number of nitrogens with zero attached hydrogens (tertiary/aromatic N) is 3. The number of benzene rings is 1. The molecule has 0 unspecified atom stereocenters. The summed E-state index contributed by atoms with van der Waals surface area (Å²) in [6.45, 7) is 0.568. The van der Waals surface area contributed by atoms with E-state index in [1.165, 1.54) is 12.5 Å². The molecule has 1 aromatic carbocycles. The molecule has 98 valence electrons. The van der Waals surface area contributed by atoms with E-state index in [1.807, 2.05) is 27.2 Å². The Bertz CT molecular complexity index is 780. The van der Waals surface area contributed by atoms with Crippen molar-refractivity contribution in [3.8, 4) is 0 Å². The average Bonchev–Trinajstić information content (AvgIpc) is 2.96. The third-order valence-electron chi connectivity index (χ3n) is 2.78. The lowest BCUT2D eigenvalue weighted by atomic mass is 10.3. The van der Waals surface area contributed by atoms with E-state index in [0.29, 0.717) is 27.1 Å². The van der Waals surface area contributed by atoms with Crippen molar-refractivity contribution in [1.82, 2.24) is 19.7 Å². The standard InChI is InChI=1S/C11H8FIN4OS/c12-6-3-9-8(4-7(6)13)15-11(19)17(9)2-1-10-14-5-18-16-10/h3-5H,1-2H2,(H,15,19). The molecule has 3 rings (SSSR count). The summed E-state index contributed by atoms with van der Waals surface area (Å²) in [6, 6.07) is 3.23. The van der Waals surface area contributed by atoms with E-state index in [4.69, 9.17) is 12.2 Å². The maximum atomic E-state index is 13.6. The van der Waals surface area contributed by atoms with Crippen LogP contribution >= 0.6 is 34.8 Å². The number of rotatable bonds is 3. The third-order valence-corrected chi connectivity index (χ3v) is 3.93. The maximum Gasteiger partial charge on any atom is 0.213 e. The largest absolute Gasteiger partial charge is 0.343 e. The van der Waals surface area contributed by atoms with Crippen LogP contribution in [0.3, 0.4) is 0 Å². The van der Waals surface area contributed by atoms with E-state index < -0.39 is 0 Å². The number of aromatic amines is 1. The van der Waals surface area contributed by atoms with Gasteiger partial charge in [0.1, 0.15) is 5.82 Å². The molecule has 0 saturated carbocycles. The van der Waals surface area contributed by atoms with Crippen LogP contribution in [0.25, 0.3) is 11.0 Å². The molecule has 19 heavy (non-hydrogen) atoms. The first-order chi connectivity index (χ1) is 9.15. The van der Waals surface area contributed by atoms with Crippen molar-refractivity contribution in [2.45, 2.75) is 13.0 Å². The molecule has 0 amide bonds. The Morgan fingerprint density at radius 2 is 2.32 bits per heavy atom. The molecule has 0 aliphatic rings. The molecule has 8 heteroatoms. The van der Waals surface area contributed by atoms with Gasteiger partial charge in [0.2, 0.25) is 6.39 Å². The van der Waals surface area contributed by atoms with Gasteiger partial charge in [0.25, 0.3) is 0 Å². The molecule has 5 nitrogen and oxygen atoms in total. The zero-order chi connectivity index (χ0) is 13.4. The molecule has 0 fully saturated rings. The molecular weight excluding hydrogens is 382 g/mol. The van der Waals surface area contributed by atoms with Crippen molar-refractivity contribution in [2.75, 3.05) is 0 Å². The number of H-pyrrole nitrogens is 1. The first-order valence-corrected chi connectivity index (χ1v) is 6.96. The van der Waals surface area contributed by atoms with Crippen LogP contribution in [0.5, 0.6) is 0 Å². The minimum absolute atomic E-state index is 0.254. The fraction of sp³-hybridized carbons (Fsp3) is 0.182. The number of halogens is 2. The number of aromatic nitrogens is 4. The highest BCUT2D eigenvalue weighted by molar-refractivity contribution is 14.1. The fourth-order valence-electron chi connectivity index (χ4n) is 1.89. The lowest BCUT2D eigenvalue weighted by Gasteiger charge is -2.02. The zero-order valence-corrected chi connectivity index (χ0v) is 12.5. The molecule has 0 aliphatic carbocycles. The van der Waals surface area contributed by atoms with Crippen molar-refractivity contribution in [3.63, 3.8) is 0 Å². The molecule has 0 spiro atoms. The van der Waals surface area contributed by atoms with Crippen molar-refractivity contribution in [3.05, 3.63) is 38.5 Å². The summed E-state index contributed by atoms with van der Waals surface area (Å²) in [6.07, 6.45) is 1.86. The van der Waals surface area contributed by atoms with Gasteiger partial charge in [-0.1, -0.05) is 5.16 Å². The quantitative estimate of drug-likeness (QED) is 0.552. The van der Waals surface area contributed by atoms with Crippen molar-refractivity contribution < 1.29 is 8.91 Å². The van der Waals surface area contributed by atoms with Gasteiger partial charge in [-0.15, -0.1) is 0 Å². The molecule has 2 aromatic heterocycles. The summed E-state index contributed by atoms with van der Waals surface area (Å²) in [5.41, 5.74) is 1.57. The molecule has 0 atom stereocenters. The minimum Gasteiger partial charge on any atom is -0.343 e. The van der Waals surface area contributed by atoms with E-state index in [2.05, 4.69) is 19.6 Å². The average molecular weight is 390 g/mol. The molecule has 0 saturated heterocycles. The zero-order valence-electron chi connectivity index (χ0n) is 9.56. The number of fused-ring (bicyclic) bond motifs is 1. The van der Waals surface area contributed by atoms with Gasteiger partial charge in [-0.25, -0.2) is 4.39 Å². The van der Waals surface area contributed by atoms with Crippen LogP contribution in [-0.2, 0) is 13.0 Å². The summed E-state index contributed by atoms with van der Waals surface area (Å²) in [7, 11) is 0. The van der Waals surface area contributed by atoms with Crippen LogP contribution in [0, 0.1) is 14.2 Å². The van der Waals surface area contributed by atoms with Gasteiger partial charge in [-0.05, 0) is 40.9 Å². The van der Waals surface area contributed by atoms with Crippen LogP contribution in [0.1, 0.15) is 5.82 Å². The topological polar surface area (TPSA) is 59.6 Å². The van der Waals surface area contributed by atoms with Crippen LogP contribution in [0.4, 0.5) is 4.39 Å². The van der Waals surface area contributed by atoms with E-state index in [1.54, 1.807) is 6.07 Å². The summed E-state index contributed by atoms with van der Waals surface area (Å²) in [5.74, 6) is 0.345. The van der Waals surface area contributed by atoms with Gasteiger partial charge < -0.3 is 14.1 Å². The predicted octanol–water partition coefficient (Wildman–Crippen LogP) is 3.07. The molecule has 0 radical (unpaired) electrons. The minimum atomic E-state index is -0.254. The molecular formula is C11H8FIN4OS. The summed E-state index contributed by atoms with van der Waals surface area (Å²) >= 11 is 7.21. The Hall–Kier alpha value is -1.29. The summed E-state index contributed by atoms with van der Waals surface area (Å²) in [4.78, 5) is 7.01. The van der Waals surface area contributed by atoms with Crippen LogP contribution in [0.15, 0.2) is 23.0 Å². The lowest BCUT2D eigenvalue weighted by molar-refractivity contribution is 0.408. The van der Waals surface area contributed by atoms with E-state index in [9.17, 15) is 4.39 Å². The molecule has 1 N–H and O–H groups in total. The van der Waals surface area contributed by atoms with Crippen molar-refractivity contribution >= 4 is 45.8 Å². The van der Waals surface area contributed by atoms with E-state index >= 15 is 0 Å². The second-order valence-corrected chi connectivity index (χ2v) is 5.51. The maximum absolute atomic E-state index is 13.6. The molecule has 3 aromatic rings. The van der Waals surface area contributed by atoms with Gasteiger partial charge in [0, 0.05) is 19.0 Å². The second-order valence-electron chi connectivity index (χ2n) is 3.96. The fourth-order valence-corrected chi connectivity index (χ4v) is 2.65. The Morgan fingerprint density at radius 3 is 3.05 bits per heavy atom. The SMILES string of the molecule is Fc1cc2c(cc1I)[nH]c(=S)n2CCc1ncon1. The van der Waals surface area contributed by atoms with Gasteiger partial charge in [-0.3, -0.25) is 0 Å². The van der Waals surface area contributed by atoms with Gasteiger partial charge in [0.05, 0.1) is 14.6 Å². The smallest absolute Gasteiger partial charge is 0.213 e.